The van der Waals surface area contributed by atoms with Crippen LogP contribution in [0.2, 0.25) is 0 Å². The first kappa shape index (κ1) is 9.93. The average Bonchev–Trinajstić information content (AvgIpc) is 2.16. The molecule has 4 nitrogen and oxygen atoms in total. The van der Waals surface area contributed by atoms with Gasteiger partial charge in [-0.25, -0.2) is 4.79 Å². The van der Waals surface area contributed by atoms with Crippen molar-refractivity contribution in [3.05, 3.63) is 35.2 Å². The molecule has 0 aliphatic carbocycles. The highest BCUT2D eigenvalue weighted by Gasteiger charge is 2.05. The Morgan fingerprint density at radius 2 is 2.36 bits per heavy atom. The van der Waals surface area contributed by atoms with Gasteiger partial charge in [0.25, 0.3) is 0 Å². The van der Waals surface area contributed by atoms with Crippen LogP contribution in [0.1, 0.15) is 11.3 Å². The predicted octanol–water partition coefficient (Wildman–Crippen LogP) is 1.38. The second-order valence-corrected chi connectivity index (χ2v) is 2.74. The molecule has 0 radical (unpaired) electrons. The van der Waals surface area contributed by atoms with Gasteiger partial charge >= 0.3 is 5.97 Å². The summed E-state index contributed by atoms with van der Waals surface area (Å²) in [6.45, 7) is 1.88. The summed E-state index contributed by atoms with van der Waals surface area (Å²) in [6, 6.07) is 5.05. The Morgan fingerprint density at radius 1 is 1.64 bits per heavy atom. The van der Waals surface area contributed by atoms with E-state index in [0.717, 1.165) is 5.56 Å². The Labute approximate surface area is 81.1 Å². The van der Waals surface area contributed by atoms with Crippen LogP contribution in [0.5, 0.6) is 0 Å². The third-order valence-corrected chi connectivity index (χ3v) is 1.58. The number of carboxylic acid groups (broad SMARTS) is 1. The lowest BCUT2D eigenvalue weighted by Gasteiger charge is -1.94. The molecule has 1 aromatic heterocycles. The van der Waals surface area contributed by atoms with E-state index in [1.807, 2.05) is 6.92 Å². The van der Waals surface area contributed by atoms with Crippen LogP contribution in [-0.2, 0) is 4.79 Å². The molecule has 14 heavy (non-hydrogen) atoms. The summed E-state index contributed by atoms with van der Waals surface area (Å²) >= 11 is 0. The van der Waals surface area contributed by atoms with Crippen molar-refractivity contribution in [2.24, 2.45) is 0 Å². The quantitative estimate of drug-likeness (QED) is 0.562. The fourth-order valence-electron chi connectivity index (χ4n) is 0.854. The molecule has 0 bridgehead atoms. The van der Waals surface area contributed by atoms with Gasteiger partial charge in [-0.2, -0.15) is 5.26 Å². The molecule has 0 aliphatic heterocycles. The van der Waals surface area contributed by atoms with Gasteiger partial charge in [0.05, 0.1) is 5.69 Å². The van der Waals surface area contributed by atoms with E-state index < -0.39 is 5.97 Å². The van der Waals surface area contributed by atoms with Crippen LogP contribution in [-0.4, -0.2) is 16.1 Å². The number of hydrogen-bond acceptors (Lipinski definition) is 3. The molecule has 1 aromatic rings. The van der Waals surface area contributed by atoms with Gasteiger partial charge in [0.2, 0.25) is 0 Å². The van der Waals surface area contributed by atoms with Crippen molar-refractivity contribution >= 4 is 12.0 Å². The van der Waals surface area contributed by atoms with Crippen molar-refractivity contribution in [1.29, 1.82) is 5.26 Å². The number of nitrogens with zero attached hydrogens (tertiary/aromatic N) is 2. The van der Waals surface area contributed by atoms with Crippen molar-refractivity contribution in [2.75, 3.05) is 0 Å². The number of rotatable bonds is 2. The Balaban J connectivity index is 3.03. The van der Waals surface area contributed by atoms with Gasteiger partial charge < -0.3 is 5.11 Å². The molecule has 0 saturated heterocycles. The van der Waals surface area contributed by atoms with Crippen molar-refractivity contribution in [3.8, 4) is 6.07 Å². The maximum absolute atomic E-state index is 10.5. The predicted molar refractivity (Wildman–Crippen MR) is 50.2 cm³/mol. The third kappa shape index (κ3) is 2.42. The molecule has 0 spiro atoms. The normalized spacial score (nSPS) is 10.7. The maximum atomic E-state index is 10.5. The number of carboxylic acids is 1. The summed E-state index contributed by atoms with van der Waals surface area (Å²) in [6.07, 6.45) is 2.85. The third-order valence-electron chi connectivity index (χ3n) is 1.58. The topological polar surface area (TPSA) is 74.0 Å². The van der Waals surface area contributed by atoms with E-state index in [9.17, 15) is 4.79 Å². The second kappa shape index (κ2) is 4.19. The van der Waals surface area contributed by atoms with Crippen LogP contribution in [0, 0.1) is 18.3 Å². The van der Waals surface area contributed by atoms with Crippen LogP contribution in [0.15, 0.2) is 23.9 Å². The highest BCUT2D eigenvalue weighted by Crippen LogP contribution is 2.04. The van der Waals surface area contributed by atoms with Gasteiger partial charge in [0, 0.05) is 6.20 Å². The fourth-order valence-corrected chi connectivity index (χ4v) is 0.854. The van der Waals surface area contributed by atoms with Crippen molar-refractivity contribution < 1.29 is 9.90 Å². The number of hydrogen-bond donors (Lipinski definition) is 1. The lowest BCUT2D eigenvalue weighted by atomic mass is 10.2. The minimum atomic E-state index is -1.24. The number of nitriles is 1. The molecule has 0 saturated carbocycles. The number of aromatic nitrogens is 1. The number of aliphatic carboxylic acids is 1. The largest absolute Gasteiger partial charge is 0.477 e. The molecule has 1 heterocycles. The lowest BCUT2D eigenvalue weighted by molar-refractivity contribution is -0.132. The van der Waals surface area contributed by atoms with E-state index in [4.69, 9.17) is 10.4 Å². The van der Waals surface area contributed by atoms with E-state index in [1.54, 1.807) is 24.4 Å². The van der Waals surface area contributed by atoms with E-state index in [2.05, 4.69) is 4.98 Å². The first-order valence-electron chi connectivity index (χ1n) is 3.91. The summed E-state index contributed by atoms with van der Waals surface area (Å²) in [7, 11) is 0. The molecule has 0 aromatic carbocycles. The van der Waals surface area contributed by atoms with E-state index in [-0.39, 0.29) is 5.57 Å². The molecule has 1 rings (SSSR count). The zero-order chi connectivity index (χ0) is 10.6. The number of pyridine rings is 1. The SMILES string of the molecule is Cc1ccc(/C=C(\C#N)C(=O)O)nc1. The molecule has 0 fully saturated rings. The molecule has 0 unspecified atom stereocenters. The second-order valence-electron chi connectivity index (χ2n) is 2.74. The number of aryl methyl sites for hydroxylation is 1. The standard InChI is InChI=1S/C10H8N2O2/c1-7-2-3-9(12-6-7)4-8(5-11)10(13)14/h2-4,6H,1H3,(H,13,14)/b8-4+. The van der Waals surface area contributed by atoms with Crippen molar-refractivity contribution in [1.82, 2.24) is 4.98 Å². The van der Waals surface area contributed by atoms with Crippen LogP contribution in [0.25, 0.3) is 6.08 Å². The van der Waals surface area contributed by atoms with Gasteiger partial charge in [-0.05, 0) is 24.6 Å². The molecular formula is C10H8N2O2. The molecule has 0 amide bonds. The first-order valence-corrected chi connectivity index (χ1v) is 3.91. The van der Waals surface area contributed by atoms with E-state index >= 15 is 0 Å². The molecular weight excluding hydrogens is 180 g/mol. The molecule has 0 aliphatic rings. The van der Waals surface area contributed by atoms with Crippen molar-refractivity contribution in [3.63, 3.8) is 0 Å². The Morgan fingerprint density at radius 3 is 2.79 bits per heavy atom. The Hall–Kier alpha value is -2.15. The minimum Gasteiger partial charge on any atom is -0.477 e. The van der Waals surface area contributed by atoms with Gasteiger partial charge in [-0.15, -0.1) is 0 Å². The van der Waals surface area contributed by atoms with Crippen LogP contribution in [0.4, 0.5) is 0 Å². The average molecular weight is 188 g/mol. The molecule has 1 N–H and O–H groups in total. The molecule has 0 atom stereocenters. The smallest absolute Gasteiger partial charge is 0.346 e. The van der Waals surface area contributed by atoms with E-state index in [1.165, 1.54) is 6.08 Å². The zero-order valence-electron chi connectivity index (χ0n) is 7.56. The van der Waals surface area contributed by atoms with Crippen molar-refractivity contribution in [2.45, 2.75) is 6.92 Å². The first-order chi connectivity index (χ1) is 6.63. The molecule has 70 valence electrons. The summed E-state index contributed by atoms with van der Waals surface area (Å²) in [5.41, 5.74) is 1.13. The highest BCUT2D eigenvalue weighted by molar-refractivity contribution is 5.96. The monoisotopic (exact) mass is 188 g/mol. The Bertz CT molecular complexity index is 413. The number of carbonyl (C=O) groups is 1. The summed E-state index contributed by atoms with van der Waals surface area (Å²) in [4.78, 5) is 14.4. The summed E-state index contributed by atoms with van der Waals surface area (Å²) in [5.74, 6) is -1.24. The van der Waals surface area contributed by atoms with E-state index in [0.29, 0.717) is 5.69 Å². The van der Waals surface area contributed by atoms with Crippen LogP contribution >= 0.6 is 0 Å². The van der Waals surface area contributed by atoms with Gasteiger partial charge in [-0.3, -0.25) is 4.98 Å². The van der Waals surface area contributed by atoms with Crippen LogP contribution in [0.3, 0.4) is 0 Å². The Kier molecular flexibility index (Phi) is 2.97. The summed E-state index contributed by atoms with van der Waals surface area (Å²) < 4.78 is 0. The molecule has 4 heteroatoms. The zero-order valence-corrected chi connectivity index (χ0v) is 7.56. The van der Waals surface area contributed by atoms with Gasteiger partial charge in [-0.1, -0.05) is 6.07 Å². The minimum absolute atomic E-state index is 0.318. The lowest BCUT2D eigenvalue weighted by Crippen LogP contribution is -1.97. The highest BCUT2D eigenvalue weighted by atomic mass is 16.4. The summed E-state index contributed by atoms with van der Waals surface area (Å²) in [5, 5.41) is 17.1. The maximum Gasteiger partial charge on any atom is 0.346 e. The fraction of sp³-hybridized carbons (Fsp3) is 0.100. The van der Waals surface area contributed by atoms with Crippen LogP contribution < -0.4 is 0 Å². The van der Waals surface area contributed by atoms with Gasteiger partial charge in [0.15, 0.2) is 0 Å². The van der Waals surface area contributed by atoms with Gasteiger partial charge in [0.1, 0.15) is 11.6 Å².